The molecule has 1 N–H and O–H groups in total. The van der Waals surface area contributed by atoms with Gasteiger partial charge in [0.05, 0.1) is 0 Å². The van der Waals surface area contributed by atoms with Gasteiger partial charge in [0.15, 0.2) is 0 Å². The predicted octanol–water partition coefficient (Wildman–Crippen LogP) is 0.883. The molecule has 0 fully saturated rings. The zero-order valence-electron chi connectivity index (χ0n) is 9.03. The third kappa shape index (κ3) is 2.73. The van der Waals surface area contributed by atoms with Crippen LogP contribution in [0, 0.1) is 0 Å². The highest BCUT2D eigenvalue weighted by molar-refractivity contribution is 6.23. The zero-order valence-corrected chi connectivity index (χ0v) is 9.03. The second-order valence-electron chi connectivity index (χ2n) is 3.77. The van der Waals surface area contributed by atoms with Crippen LogP contribution in [0.2, 0.25) is 0 Å². The number of hydrogen-bond acceptors (Lipinski definition) is 3. The van der Waals surface area contributed by atoms with E-state index in [1.54, 1.807) is 7.11 Å². The van der Waals surface area contributed by atoms with Crippen molar-refractivity contribution in [2.24, 2.45) is 0 Å². The molecule has 0 spiro atoms. The van der Waals surface area contributed by atoms with E-state index >= 15 is 0 Å². The Kier molecular flexibility index (Phi) is 3.64. The average molecular weight is 205 g/mol. The molecule has 0 saturated carbocycles. The SMILES string of the molecule is COBNC[C@H]1CCc2ccccc2O1. The first-order valence-corrected chi connectivity index (χ1v) is 5.34. The topological polar surface area (TPSA) is 30.5 Å². The molecule has 0 aliphatic carbocycles. The molecule has 1 aromatic rings. The molecule has 0 saturated heterocycles. The van der Waals surface area contributed by atoms with Gasteiger partial charge in [-0.2, -0.15) is 0 Å². The van der Waals surface area contributed by atoms with E-state index in [4.69, 9.17) is 9.39 Å². The lowest BCUT2D eigenvalue weighted by atomic mass is 10.0. The zero-order chi connectivity index (χ0) is 10.5. The Morgan fingerprint density at radius 3 is 3.27 bits per heavy atom. The van der Waals surface area contributed by atoms with Crippen LogP contribution < -0.4 is 9.96 Å². The minimum absolute atomic E-state index is 0.273. The summed E-state index contributed by atoms with van der Waals surface area (Å²) in [6, 6.07) is 8.25. The fourth-order valence-electron chi connectivity index (χ4n) is 1.85. The van der Waals surface area contributed by atoms with Crippen LogP contribution >= 0.6 is 0 Å². The van der Waals surface area contributed by atoms with Gasteiger partial charge in [0.2, 0.25) is 0 Å². The third-order valence-corrected chi connectivity index (χ3v) is 2.62. The standard InChI is InChI=1S/C11H16BNO2/c1-14-12-13-8-10-7-6-9-4-2-3-5-11(9)15-10/h2-5,10,12-13H,6-8H2,1H3/t10-/m1/s1. The fourth-order valence-corrected chi connectivity index (χ4v) is 1.85. The highest BCUT2D eigenvalue weighted by Crippen LogP contribution is 2.26. The lowest BCUT2D eigenvalue weighted by molar-refractivity contribution is 0.175. The first-order valence-electron chi connectivity index (χ1n) is 5.34. The molecule has 1 aliphatic heterocycles. The molecule has 0 aromatic heterocycles. The monoisotopic (exact) mass is 205 g/mol. The predicted molar refractivity (Wildman–Crippen MR) is 61.3 cm³/mol. The van der Waals surface area contributed by atoms with Crippen molar-refractivity contribution in [2.75, 3.05) is 13.7 Å². The number of para-hydroxylation sites is 1. The Morgan fingerprint density at radius 2 is 2.40 bits per heavy atom. The highest BCUT2D eigenvalue weighted by Gasteiger charge is 2.18. The van der Waals surface area contributed by atoms with E-state index in [9.17, 15) is 0 Å². The number of fused-ring (bicyclic) bond motifs is 1. The summed E-state index contributed by atoms with van der Waals surface area (Å²) in [5, 5.41) is 3.19. The van der Waals surface area contributed by atoms with Gasteiger partial charge < -0.3 is 14.6 Å². The van der Waals surface area contributed by atoms with Crippen LogP contribution in [0.4, 0.5) is 0 Å². The molecule has 0 amide bonds. The lowest BCUT2D eigenvalue weighted by Gasteiger charge is -2.26. The van der Waals surface area contributed by atoms with Gasteiger partial charge in [-0.3, -0.25) is 0 Å². The molecule has 15 heavy (non-hydrogen) atoms. The van der Waals surface area contributed by atoms with Crippen molar-refractivity contribution >= 4 is 7.62 Å². The van der Waals surface area contributed by atoms with Gasteiger partial charge in [-0.1, -0.05) is 18.2 Å². The molecular weight excluding hydrogens is 189 g/mol. The van der Waals surface area contributed by atoms with Gasteiger partial charge >= 0.3 is 7.62 Å². The van der Waals surface area contributed by atoms with Crippen LogP contribution in [0.15, 0.2) is 24.3 Å². The van der Waals surface area contributed by atoms with Gasteiger partial charge in [-0.05, 0) is 24.5 Å². The average Bonchev–Trinajstić information content (AvgIpc) is 2.29. The summed E-state index contributed by atoms with van der Waals surface area (Å²) < 4.78 is 10.8. The molecule has 4 heteroatoms. The van der Waals surface area contributed by atoms with Crippen LogP contribution in [0.1, 0.15) is 12.0 Å². The minimum atomic E-state index is 0.273. The van der Waals surface area contributed by atoms with E-state index < -0.39 is 0 Å². The van der Waals surface area contributed by atoms with E-state index in [2.05, 4.69) is 17.4 Å². The molecule has 80 valence electrons. The summed E-state index contributed by atoms with van der Waals surface area (Å²) in [7, 11) is 2.27. The maximum atomic E-state index is 5.86. The van der Waals surface area contributed by atoms with E-state index in [1.165, 1.54) is 5.56 Å². The van der Waals surface area contributed by atoms with Crippen molar-refractivity contribution in [3.8, 4) is 5.75 Å². The first-order chi connectivity index (χ1) is 7.40. The Bertz CT molecular complexity index is 319. The third-order valence-electron chi connectivity index (χ3n) is 2.62. The number of nitrogens with one attached hydrogen (secondary N) is 1. The Labute approximate surface area is 91.1 Å². The van der Waals surface area contributed by atoms with E-state index in [1.807, 2.05) is 12.1 Å². The molecule has 0 radical (unpaired) electrons. The molecule has 0 unspecified atom stereocenters. The van der Waals surface area contributed by atoms with Gasteiger partial charge in [0, 0.05) is 13.7 Å². The molecule has 1 atom stereocenters. The Morgan fingerprint density at radius 1 is 1.53 bits per heavy atom. The van der Waals surface area contributed by atoms with Crippen molar-refractivity contribution in [3.05, 3.63) is 29.8 Å². The van der Waals surface area contributed by atoms with Gasteiger partial charge in [0.1, 0.15) is 11.9 Å². The first kappa shape index (κ1) is 10.5. The van der Waals surface area contributed by atoms with Crippen LogP contribution in [0.5, 0.6) is 5.75 Å². The van der Waals surface area contributed by atoms with Crippen LogP contribution in [0.3, 0.4) is 0 Å². The Balaban J connectivity index is 1.88. The summed E-state index contributed by atoms with van der Waals surface area (Å²) in [6.45, 7) is 0.849. The van der Waals surface area contributed by atoms with Crippen molar-refractivity contribution in [2.45, 2.75) is 18.9 Å². The molecule has 1 heterocycles. The molecule has 2 rings (SSSR count). The normalized spacial score (nSPS) is 19.1. The summed E-state index contributed by atoms with van der Waals surface area (Å²) in [5.74, 6) is 1.04. The van der Waals surface area contributed by atoms with E-state index in [-0.39, 0.29) is 6.10 Å². The van der Waals surface area contributed by atoms with Crippen molar-refractivity contribution < 1.29 is 9.39 Å². The molecule has 1 aliphatic rings. The largest absolute Gasteiger partial charge is 0.489 e. The molecule has 0 bridgehead atoms. The van der Waals surface area contributed by atoms with Crippen LogP contribution in [0.25, 0.3) is 0 Å². The summed E-state index contributed by atoms with van der Waals surface area (Å²) in [5.41, 5.74) is 1.32. The number of ether oxygens (including phenoxy) is 1. The van der Waals surface area contributed by atoms with Crippen molar-refractivity contribution in [1.82, 2.24) is 5.23 Å². The summed E-state index contributed by atoms with van der Waals surface area (Å²) in [6.07, 6.45) is 2.46. The number of rotatable bonds is 4. The number of benzene rings is 1. The lowest BCUT2D eigenvalue weighted by Crippen LogP contribution is -2.36. The fraction of sp³-hybridized carbons (Fsp3) is 0.455. The van der Waals surface area contributed by atoms with Crippen LogP contribution in [-0.4, -0.2) is 27.4 Å². The quantitative estimate of drug-likeness (QED) is 0.584. The maximum Gasteiger partial charge on any atom is 0.360 e. The second-order valence-corrected chi connectivity index (χ2v) is 3.77. The van der Waals surface area contributed by atoms with Crippen LogP contribution in [-0.2, 0) is 11.1 Å². The smallest absolute Gasteiger partial charge is 0.360 e. The molecule has 1 aromatic carbocycles. The number of hydrogen-bond donors (Lipinski definition) is 1. The van der Waals surface area contributed by atoms with Gasteiger partial charge in [0.25, 0.3) is 0 Å². The van der Waals surface area contributed by atoms with Gasteiger partial charge in [-0.15, -0.1) is 0 Å². The summed E-state index contributed by atoms with van der Waals surface area (Å²) in [4.78, 5) is 0. The molecular formula is C11H16BNO2. The Hall–Kier alpha value is -0.995. The van der Waals surface area contributed by atoms with E-state index in [0.29, 0.717) is 7.62 Å². The highest BCUT2D eigenvalue weighted by atomic mass is 16.5. The van der Waals surface area contributed by atoms with Crippen molar-refractivity contribution in [3.63, 3.8) is 0 Å². The van der Waals surface area contributed by atoms with Gasteiger partial charge in [-0.25, -0.2) is 0 Å². The van der Waals surface area contributed by atoms with E-state index in [0.717, 1.165) is 25.1 Å². The second kappa shape index (κ2) is 5.19. The minimum Gasteiger partial charge on any atom is -0.489 e. The maximum absolute atomic E-state index is 5.86. The number of aryl methyl sites for hydroxylation is 1. The molecule has 3 nitrogen and oxygen atoms in total. The summed E-state index contributed by atoms with van der Waals surface area (Å²) >= 11 is 0. The van der Waals surface area contributed by atoms with Crippen molar-refractivity contribution in [1.29, 1.82) is 0 Å².